The minimum absolute atomic E-state index is 0.00310. The summed E-state index contributed by atoms with van der Waals surface area (Å²) in [6.07, 6.45) is -3.76. The third-order valence-corrected chi connectivity index (χ3v) is 8.65. The van der Waals surface area contributed by atoms with E-state index in [4.69, 9.17) is 9.47 Å². The van der Waals surface area contributed by atoms with Crippen molar-refractivity contribution in [1.29, 1.82) is 0 Å². The van der Waals surface area contributed by atoms with Crippen LogP contribution in [0.1, 0.15) is 34.4 Å². The molecule has 3 N–H and O–H groups in total. The normalized spacial score (nSPS) is 17.1. The van der Waals surface area contributed by atoms with Gasteiger partial charge in [-0.3, -0.25) is 9.78 Å². The first-order valence-corrected chi connectivity index (χ1v) is 14.8. The number of carbonyl (C=O) groups excluding carboxylic acids is 1. The monoisotopic (exact) mass is 657 g/mol. The molecule has 0 radical (unpaired) electrons. The molecule has 7 rings (SSSR count). The lowest BCUT2D eigenvalue weighted by Crippen LogP contribution is -2.51. The first-order chi connectivity index (χ1) is 22.9. The van der Waals surface area contributed by atoms with Crippen LogP contribution in [0.25, 0.3) is 33.2 Å². The number of hydrogen-bond acceptors (Lipinski definition) is 7. The van der Waals surface area contributed by atoms with Crippen molar-refractivity contribution in [3.8, 4) is 22.8 Å². The number of nitrogens with one attached hydrogen (secondary N) is 2. The fourth-order valence-electron chi connectivity index (χ4n) is 5.90. The number of H-pyrrole nitrogens is 1. The minimum atomic E-state index is -5.30. The third kappa shape index (κ3) is 5.07. The van der Waals surface area contributed by atoms with Gasteiger partial charge < -0.3 is 24.9 Å². The van der Waals surface area contributed by atoms with Gasteiger partial charge in [-0.2, -0.15) is 13.2 Å². The molecule has 13 heteroatoms. The summed E-state index contributed by atoms with van der Waals surface area (Å²) in [7, 11) is 1.38. The van der Waals surface area contributed by atoms with Crippen molar-refractivity contribution >= 4 is 27.8 Å². The number of para-hydroxylation sites is 2. The van der Waals surface area contributed by atoms with Crippen LogP contribution in [0.15, 0.2) is 85.1 Å². The van der Waals surface area contributed by atoms with E-state index in [1.54, 1.807) is 31.3 Å². The number of imidazole rings is 1. The lowest BCUT2D eigenvalue weighted by molar-refractivity contribution is -0.265. The summed E-state index contributed by atoms with van der Waals surface area (Å²) in [6.45, 7) is 0.464. The second kappa shape index (κ2) is 11.3. The predicted molar refractivity (Wildman–Crippen MR) is 168 cm³/mol. The second-order valence-electron chi connectivity index (χ2n) is 11.8. The number of rotatable bonds is 7. The van der Waals surface area contributed by atoms with E-state index < -0.39 is 41.2 Å². The zero-order chi connectivity index (χ0) is 33.8. The van der Waals surface area contributed by atoms with Gasteiger partial charge in [0, 0.05) is 28.3 Å². The second-order valence-corrected chi connectivity index (χ2v) is 11.8. The van der Waals surface area contributed by atoms with Crippen molar-refractivity contribution in [3.05, 3.63) is 114 Å². The molecule has 0 saturated heterocycles. The molecule has 0 spiro atoms. The lowest BCUT2D eigenvalue weighted by Gasteiger charge is -2.31. The number of carbonyl (C=O) groups is 1. The van der Waals surface area contributed by atoms with E-state index in [1.165, 1.54) is 31.4 Å². The Bertz CT molecular complexity index is 2170. The SMILES string of the molecule is COc1cc(C(=O)NCC(O)(c2cc3c(c(-c4ccc(F)cc4)n2)OC[C@]3(C)c2nc3ccccc3[nH]2)C(F)(F)F)cc2cccnc12. The standard InChI is InChI=1S/C35H27F4N5O4/c1-33(32-42-24-7-3-4-8-25(24)43-32)18-48-30-23(33)16-27(44-29(30)19-9-11-22(36)12-10-19)34(46,35(37,38)39)17-41-31(45)21-14-20-6-5-13-40-28(20)26(15-21)47-2/h3-16,46H,17-18H2,1-2H3,(H,41,45)(H,42,43)/t33-,34?/m0/s1. The summed E-state index contributed by atoms with van der Waals surface area (Å²) >= 11 is 0. The number of nitrogens with zero attached hydrogens (tertiary/aromatic N) is 3. The molecule has 48 heavy (non-hydrogen) atoms. The maximum absolute atomic E-state index is 15.0. The number of halogens is 4. The summed E-state index contributed by atoms with van der Waals surface area (Å²) in [4.78, 5) is 29.7. The van der Waals surface area contributed by atoms with Crippen molar-refractivity contribution in [1.82, 2.24) is 25.3 Å². The summed E-state index contributed by atoms with van der Waals surface area (Å²) in [5.41, 5.74) is -3.24. The highest BCUT2D eigenvalue weighted by atomic mass is 19.4. The number of aliphatic hydroxyl groups is 1. The van der Waals surface area contributed by atoms with E-state index in [9.17, 15) is 27.5 Å². The highest BCUT2D eigenvalue weighted by Crippen LogP contribution is 2.49. The molecule has 4 heterocycles. The average molecular weight is 658 g/mol. The van der Waals surface area contributed by atoms with E-state index >= 15 is 0 Å². The van der Waals surface area contributed by atoms with Crippen molar-refractivity contribution < 1.29 is 36.9 Å². The van der Waals surface area contributed by atoms with Gasteiger partial charge in [-0.15, -0.1) is 0 Å². The molecule has 3 aromatic carbocycles. The molecule has 0 saturated carbocycles. The fraction of sp³-hybridized carbons (Fsp3) is 0.200. The molecular formula is C35H27F4N5O4. The highest BCUT2D eigenvalue weighted by molar-refractivity contribution is 6.00. The number of fused-ring (bicyclic) bond motifs is 3. The van der Waals surface area contributed by atoms with Gasteiger partial charge in [0.05, 0.1) is 35.8 Å². The summed E-state index contributed by atoms with van der Waals surface area (Å²) in [5, 5.41) is 14.3. The van der Waals surface area contributed by atoms with E-state index in [2.05, 4.69) is 25.3 Å². The average Bonchev–Trinajstić information content (AvgIpc) is 3.68. The van der Waals surface area contributed by atoms with Gasteiger partial charge in [0.1, 0.15) is 41.0 Å². The van der Waals surface area contributed by atoms with E-state index in [1.807, 2.05) is 18.2 Å². The van der Waals surface area contributed by atoms with Crippen LogP contribution in [0, 0.1) is 5.82 Å². The largest absolute Gasteiger partial charge is 0.494 e. The summed E-state index contributed by atoms with van der Waals surface area (Å²) in [5.74, 6) is -0.613. The van der Waals surface area contributed by atoms with Gasteiger partial charge in [0.15, 0.2) is 0 Å². The number of methoxy groups -OCH3 is 1. The Morgan fingerprint density at radius 3 is 2.56 bits per heavy atom. The van der Waals surface area contributed by atoms with Crippen LogP contribution in [0.4, 0.5) is 17.6 Å². The molecule has 1 unspecified atom stereocenters. The van der Waals surface area contributed by atoms with Gasteiger partial charge in [-0.1, -0.05) is 18.2 Å². The Balaban J connectivity index is 1.34. The zero-order valence-corrected chi connectivity index (χ0v) is 25.5. The molecule has 6 aromatic rings. The van der Waals surface area contributed by atoms with Gasteiger partial charge >= 0.3 is 6.18 Å². The molecule has 9 nitrogen and oxygen atoms in total. The number of benzene rings is 3. The number of aromatic nitrogens is 4. The smallest absolute Gasteiger partial charge is 0.424 e. The Hall–Kier alpha value is -5.56. The third-order valence-electron chi connectivity index (χ3n) is 8.65. The molecule has 2 atom stereocenters. The molecule has 0 fully saturated rings. The maximum atomic E-state index is 15.0. The Morgan fingerprint density at radius 1 is 1.06 bits per heavy atom. The minimum Gasteiger partial charge on any atom is -0.494 e. The van der Waals surface area contributed by atoms with Crippen LogP contribution >= 0.6 is 0 Å². The molecule has 0 bridgehead atoms. The van der Waals surface area contributed by atoms with Crippen LogP contribution < -0.4 is 14.8 Å². The zero-order valence-electron chi connectivity index (χ0n) is 25.5. The summed E-state index contributed by atoms with van der Waals surface area (Å²) < 4.78 is 70.3. The first kappa shape index (κ1) is 31.1. The van der Waals surface area contributed by atoms with Crippen molar-refractivity contribution in [2.45, 2.75) is 24.1 Å². The van der Waals surface area contributed by atoms with Crippen LogP contribution in [0.5, 0.6) is 11.5 Å². The fourth-order valence-corrected chi connectivity index (χ4v) is 5.90. The van der Waals surface area contributed by atoms with Gasteiger partial charge in [-0.25, -0.2) is 14.4 Å². The van der Waals surface area contributed by atoms with Crippen LogP contribution in [-0.4, -0.2) is 57.4 Å². The number of amides is 1. The maximum Gasteiger partial charge on any atom is 0.424 e. The predicted octanol–water partition coefficient (Wildman–Crippen LogP) is 6.20. The molecule has 244 valence electrons. The van der Waals surface area contributed by atoms with Crippen molar-refractivity contribution in [2.24, 2.45) is 0 Å². The van der Waals surface area contributed by atoms with Gasteiger partial charge in [0.2, 0.25) is 5.60 Å². The lowest BCUT2D eigenvalue weighted by atomic mass is 9.81. The van der Waals surface area contributed by atoms with Crippen molar-refractivity contribution in [2.75, 3.05) is 20.3 Å². The van der Waals surface area contributed by atoms with E-state index in [-0.39, 0.29) is 40.5 Å². The van der Waals surface area contributed by atoms with Crippen LogP contribution in [0.3, 0.4) is 0 Å². The van der Waals surface area contributed by atoms with Crippen LogP contribution in [-0.2, 0) is 11.0 Å². The molecule has 0 aliphatic carbocycles. The van der Waals surface area contributed by atoms with Crippen LogP contribution in [0.2, 0.25) is 0 Å². The Morgan fingerprint density at radius 2 is 1.83 bits per heavy atom. The summed E-state index contributed by atoms with van der Waals surface area (Å²) in [6, 6.07) is 19.5. The topological polar surface area (TPSA) is 122 Å². The van der Waals surface area contributed by atoms with Gasteiger partial charge in [0.25, 0.3) is 5.91 Å². The highest BCUT2D eigenvalue weighted by Gasteiger charge is 2.57. The number of aromatic amines is 1. The Kier molecular flexibility index (Phi) is 7.31. The molecule has 3 aromatic heterocycles. The number of ether oxygens (including phenoxy) is 2. The quantitative estimate of drug-likeness (QED) is 0.175. The molecule has 1 amide bonds. The van der Waals surface area contributed by atoms with E-state index in [0.29, 0.717) is 27.8 Å². The number of hydrogen-bond donors (Lipinski definition) is 3. The molecule has 1 aliphatic heterocycles. The molecule has 1 aliphatic rings. The molecular weight excluding hydrogens is 630 g/mol. The van der Waals surface area contributed by atoms with Gasteiger partial charge in [-0.05, 0) is 67.6 Å². The van der Waals surface area contributed by atoms with Crippen molar-refractivity contribution in [3.63, 3.8) is 0 Å². The Labute approximate surface area is 270 Å². The number of alkyl halides is 3. The number of pyridine rings is 2. The van der Waals surface area contributed by atoms with E-state index in [0.717, 1.165) is 18.2 Å². The first-order valence-electron chi connectivity index (χ1n) is 14.8.